The first kappa shape index (κ1) is 15.8. The number of aryl methyl sites for hydroxylation is 1. The molecule has 0 atom stereocenters. The summed E-state index contributed by atoms with van der Waals surface area (Å²) >= 11 is 0. The molecule has 21 heavy (non-hydrogen) atoms. The maximum Gasteiger partial charge on any atom is 0.238 e. The molecule has 1 aromatic carbocycles. The number of hydrogen-bond donors (Lipinski definition) is 2. The summed E-state index contributed by atoms with van der Waals surface area (Å²) in [7, 11) is 0. The molecule has 0 saturated carbocycles. The van der Waals surface area contributed by atoms with Crippen LogP contribution in [-0.4, -0.2) is 30.4 Å². The van der Waals surface area contributed by atoms with E-state index in [1.54, 1.807) is 0 Å². The molecule has 1 aromatic rings. The topological polar surface area (TPSA) is 58.4 Å². The second kappa shape index (κ2) is 6.48. The van der Waals surface area contributed by atoms with Crippen molar-refractivity contribution in [2.45, 2.75) is 40.0 Å². The molecule has 4 nitrogen and oxygen atoms in total. The van der Waals surface area contributed by atoms with E-state index in [-0.39, 0.29) is 5.91 Å². The molecule has 0 aromatic heterocycles. The highest BCUT2D eigenvalue weighted by atomic mass is 16.2. The van der Waals surface area contributed by atoms with E-state index in [1.165, 1.54) is 19.3 Å². The molecule has 1 heterocycles. The van der Waals surface area contributed by atoms with E-state index < -0.39 is 0 Å². The van der Waals surface area contributed by atoms with Crippen LogP contribution in [0.15, 0.2) is 18.2 Å². The van der Waals surface area contributed by atoms with Gasteiger partial charge in [-0.3, -0.25) is 9.69 Å². The molecule has 0 bridgehead atoms. The maximum atomic E-state index is 12.2. The third kappa shape index (κ3) is 3.76. The number of carbonyl (C=O) groups excluding carboxylic acids is 1. The Morgan fingerprint density at radius 1 is 1.38 bits per heavy atom. The average molecular weight is 289 g/mol. The summed E-state index contributed by atoms with van der Waals surface area (Å²) in [6.45, 7) is 9.00. The van der Waals surface area contributed by atoms with Crippen molar-refractivity contribution in [3.63, 3.8) is 0 Å². The molecule has 4 heteroatoms. The fourth-order valence-corrected chi connectivity index (χ4v) is 3.16. The van der Waals surface area contributed by atoms with Crippen molar-refractivity contribution in [2.75, 3.05) is 30.7 Å². The van der Waals surface area contributed by atoms with E-state index in [4.69, 9.17) is 5.73 Å². The first-order valence-electron chi connectivity index (χ1n) is 7.86. The molecule has 1 fully saturated rings. The van der Waals surface area contributed by atoms with E-state index in [1.807, 2.05) is 25.1 Å². The van der Waals surface area contributed by atoms with Crippen LogP contribution in [0.5, 0.6) is 0 Å². The predicted molar refractivity (Wildman–Crippen MR) is 88.3 cm³/mol. The number of anilines is 2. The average Bonchev–Trinajstić information content (AvgIpc) is 2.87. The summed E-state index contributed by atoms with van der Waals surface area (Å²) in [5, 5.41) is 2.98. The molecule has 0 aliphatic carbocycles. The van der Waals surface area contributed by atoms with Gasteiger partial charge in [-0.15, -0.1) is 0 Å². The van der Waals surface area contributed by atoms with Gasteiger partial charge in [-0.05, 0) is 55.8 Å². The van der Waals surface area contributed by atoms with Gasteiger partial charge in [0.25, 0.3) is 0 Å². The third-order valence-electron chi connectivity index (χ3n) is 4.92. The molecular formula is C17H27N3O. The van der Waals surface area contributed by atoms with Crippen LogP contribution in [0, 0.1) is 12.3 Å². The van der Waals surface area contributed by atoms with Gasteiger partial charge < -0.3 is 11.1 Å². The zero-order valence-corrected chi connectivity index (χ0v) is 13.4. The second-order valence-electron chi connectivity index (χ2n) is 6.29. The SMILES string of the molecule is CCC1(CC)CCN(CC(=O)Nc2cc(N)ccc2C)C1. The third-order valence-corrected chi connectivity index (χ3v) is 4.92. The Morgan fingerprint density at radius 2 is 2.10 bits per heavy atom. The van der Waals surface area contributed by atoms with Crippen LogP contribution < -0.4 is 11.1 Å². The predicted octanol–water partition coefficient (Wildman–Crippen LogP) is 3.03. The lowest BCUT2D eigenvalue weighted by Crippen LogP contribution is -2.33. The number of carbonyl (C=O) groups is 1. The lowest BCUT2D eigenvalue weighted by molar-refractivity contribution is -0.117. The minimum atomic E-state index is 0.0479. The van der Waals surface area contributed by atoms with Gasteiger partial charge in [0.2, 0.25) is 5.91 Å². The number of amides is 1. The number of likely N-dealkylation sites (tertiary alicyclic amines) is 1. The van der Waals surface area contributed by atoms with Crippen LogP contribution in [-0.2, 0) is 4.79 Å². The molecule has 1 amide bonds. The van der Waals surface area contributed by atoms with Crippen molar-refractivity contribution in [2.24, 2.45) is 5.41 Å². The zero-order chi connectivity index (χ0) is 15.5. The van der Waals surface area contributed by atoms with Crippen LogP contribution in [0.4, 0.5) is 11.4 Å². The van der Waals surface area contributed by atoms with Crippen molar-refractivity contribution >= 4 is 17.3 Å². The van der Waals surface area contributed by atoms with Crippen molar-refractivity contribution in [3.05, 3.63) is 23.8 Å². The molecule has 1 aliphatic heterocycles. The number of rotatable bonds is 5. The second-order valence-corrected chi connectivity index (χ2v) is 6.29. The summed E-state index contributed by atoms with van der Waals surface area (Å²) in [4.78, 5) is 14.5. The van der Waals surface area contributed by atoms with Crippen molar-refractivity contribution in [3.8, 4) is 0 Å². The fraction of sp³-hybridized carbons (Fsp3) is 0.588. The number of nitrogens with two attached hydrogens (primary N) is 1. The molecule has 116 valence electrons. The Morgan fingerprint density at radius 3 is 2.71 bits per heavy atom. The van der Waals surface area contributed by atoms with Gasteiger partial charge in [-0.1, -0.05) is 19.9 Å². The highest BCUT2D eigenvalue weighted by Crippen LogP contribution is 2.36. The molecule has 0 spiro atoms. The fourth-order valence-electron chi connectivity index (χ4n) is 3.16. The highest BCUT2D eigenvalue weighted by Gasteiger charge is 2.35. The van der Waals surface area contributed by atoms with Crippen LogP contribution in [0.25, 0.3) is 0 Å². The maximum absolute atomic E-state index is 12.2. The van der Waals surface area contributed by atoms with Crippen molar-refractivity contribution < 1.29 is 4.79 Å². The van der Waals surface area contributed by atoms with Gasteiger partial charge in [-0.2, -0.15) is 0 Å². The molecule has 0 unspecified atom stereocenters. The Labute approximate surface area is 127 Å². The minimum Gasteiger partial charge on any atom is -0.399 e. The highest BCUT2D eigenvalue weighted by molar-refractivity contribution is 5.93. The lowest BCUT2D eigenvalue weighted by Gasteiger charge is -2.26. The van der Waals surface area contributed by atoms with E-state index in [2.05, 4.69) is 24.1 Å². The lowest BCUT2D eigenvalue weighted by atomic mass is 9.82. The standard InChI is InChI=1S/C17H27N3O/c1-4-17(5-2)8-9-20(12-17)11-16(21)19-15-10-14(18)7-6-13(15)3/h6-7,10H,4-5,8-9,11-12,18H2,1-3H3,(H,19,21). The van der Waals surface area contributed by atoms with Gasteiger partial charge in [-0.25, -0.2) is 0 Å². The number of nitrogens with one attached hydrogen (secondary N) is 1. The number of nitrogen functional groups attached to an aromatic ring is 1. The van der Waals surface area contributed by atoms with Crippen LogP contribution >= 0.6 is 0 Å². The van der Waals surface area contributed by atoms with E-state index in [0.717, 1.165) is 24.3 Å². The van der Waals surface area contributed by atoms with Gasteiger partial charge >= 0.3 is 0 Å². The van der Waals surface area contributed by atoms with Crippen LogP contribution in [0.2, 0.25) is 0 Å². The molecule has 3 N–H and O–H groups in total. The van der Waals surface area contributed by atoms with Gasteiger partial charge in [0.1, 0.15) is 0 Å². The number of benzene rings is 1. The molecule has 1 aliphatic rings. The normalized spacial score (nSPS) is 17.9. The summed E-state index contributed by atoms with van der Waals surface area (Å²) in [5.74, 6) is 0.0479. The molecule has 1 saturated heterocycles. The van der Waals surface area contributed by atoms with Crippen LogP contribution in [0.3, 0.4) is 0 Å². The summed E-state index contributed by atoms with van der Waals surface area (Å²) in [6.07, 6.45) is 3.58. The Hall–Kier alpha value is -1.55. The Bertz CT molecular complexity index is 509. The van der Waals surface area contributed by atoms with E-state index in [0.29, 0.717) is 17.6 Å². The molecular weight excluding hydrogens is 262 g/mol. The first-order chi connectivity index (χ1) is 9.98. The van der Waals surface area contributed by atoms with Crippen molar-refractivity contribution in [1.82, 2.24) is 4.90 Å². The first-order valence-corrected chi connectivity index (χ1v) is 7.86. The number of nitrogens with zero attached hydrogens (tertiary/aromatic N) is 1. The van der Waals surface area contributed by atoms with Gasteiger partial charge in [0.05, 0.1) is 6.54 Å². The molecule has 0 radical (unpaired) electrons. The Kier molecular flexibility index (Phi) is 4.88. The minimum absolute atomic E-state index is 0.0479. The van der Waals surface area contributed by atoms with E-state index in [9.17, 15) is 4.79 Å². The summed E-state index contributed by atoms with van der Waals surface area (Å²) in [6, 6.07) is 5.60. The summed E-state index contributed by atoms with van der Waals surface area (Å²) in [5.41, 5.74) is 8.71. The number of hydrogen-bond acceptors (Lipinski definition) is 3. The quantitative estimate of drug-likeness (QED) is 0.819. The molecule has 2 rings (SSSR count). The largest absolute Gasteiger partial charge is 0.399 e. The van der Waals surface area contributed by atoms with Crippen LogP contribution in [0.1, 0.15) is 38.7 Å². The van der Waals surface area contributed by atoms with E-state index >= 15 is 0 Å². The monoisotopic (exact) mass is 289 g/mol. The summed E-state index contributed by atoms with van der Waals surface area (Å²) < 4.78 is 0. The van der Waals surface area contributed by atoms with Crippen molar-refractivity contribution in [1.29, 1.82) is 0 Å². The van der Waals surface area contributed by atoms with Gasteiger partial charge in [0, 0.05) is 17.9 Å². The zero-order valence-electron chi connectivity index (χ0n) is 13.4. The Balaban J connectivity index is 1.92. The van der Waals surface area contributed by atoms with Gasteiger partial charge in [0.15, 0.2) is 0 Å². The smallest absolute Gasteiger partial charge is 0.238 e.